The highest BCUT2D eigenvalue weighted by atomic mass is 35.5. The van der Waals surface area contributed by atoms with Gasteiger partial charge in [-0.05, 0) is 51.2 Å². The normalized spacial score (nSPS) is 13.5. The number of anilines is 1. The first-order chi connectivity index (χ1) is 13.8. The standard InChI is InChI=1S/C20H21ClN2O5S/c1-11(2)28-20(25)17-13-6-4-3-5-7-16(13)29-19(17)22-18(24)14-10-12(23(26)27)8-9-15(14)21/h8-11H,3-7H2,1-2H3,(H,22,24). The van der Waals surface area contributed by atoms with Crippen molar-refractivity contribution in [3.05, 3.63) is 54.9 Å². The van der Waals surface area contributed by atoms with Crippen LogP contribution < -0.4 is 5.32 Å². The molecule has 0 spiro atoms. The van der Waals surface area contributed by atoms with E-state index in [-0.39, 0.29) is 22.4 Å². The van der Waals surface area contributed by atoms with Crippen molar-refractivity contribution in [2.75, 3.05) is 5.32 Å². The Labute approximate surface area is 177 Å². The van der Waals surface area contributed by atoms with Gasteiger partial charge >= 0.3 is 5.97 Å². The van der Waals surface area contributed by atoms with Gasteiger partial charge in [-0.15, -0.1) is 11.3 Å². The number of aryl methyl sites for hydroxylation is 1. The number of esters is 1. The Morgan fingerprint density at radius 3 is 2.66 bits per heavy atom. The molecular formula is C20H21ClN2O5S. The third kappa shape index (κ3) is 4.76. The lowest BCUT2D eigenvalue weighted by Gasteiger charge is -2.12. The second-order valence-corrected chi connectivity index (χ2v) is 8.61. The van der Waals surface area contributed by atoms with Crippen molar-refractivity contribution in [3.8, 4) is 0 Å². The number of nitrogens with one attached hydrogen (secondary N) is 1. The summed E-state index contributed by atoms with van der Waals surface area (Å²) in [5.74, 6) is -1.08. The predicted octanol–water partition coefficient (Wildman–Crippen LogP) is 5.40. The number of fused-ring (bicyclic) bond motifs is 1. The molecule has 0 unspecified atom stereocenters. The Bertz CT molecular complexity index is 970. The zero-order chi connectivity index (χ0) is 21.1. The van der Waals surface area contributed by atoms with Crippen LogP contribution in [0.1, 0.15) is 64.3 Å². The van der Waals surface area contributed by atoms with E-state index in [4.69, 9.17) is 16.3 Å². The van der Waals surface area contributed by atoms with E-state index >= 15 is 0 Å². The molecule has 0 aliphatic heterocycles. The average Bonchev–Trinajstić information content (AvgIpc) is 2.82. The van der Waals surface area contributed by atoms with Crippen LogP contribution in [0.3, 0.4) is 0 Å². The SMILES string of the molecule is CC(C)OC(=O)c1c(NC(=O)c2cc([N+](=O)[O-])ccc2Cl)sc2c1CCCCC2. The van der Waals surface area contributed by atoms with Gasteiger partial charge < -0.3 is 10.1 Å². The van der Waals surface area contributed by atoms with Gasteiger partial charge in [0.1, 0.15) is 5.00 Å². The number of hydrogen-bond donors (Lipinski definition) is 1. The van der Waals surface area contributed by atoms with E-state index in [1.165, 1.54) is 23.5 Å². The van der Waals surface area contributed by atoms with Gasteiger partial charge in [-0.2, -0.15) is 0 Å². The second-order valence-electron chi connectivity index (χ2n) is 7.10. The lowest BCUT2D eigenvalue weighted by Crippen LogP contribution is -2.17. The summed E-state index contributed by atoms with van der Waals surface area (Å²) < 4.78 is 5.40. The van der Waals surface area contributed by atoms with E-state index < -0.39 is 16.8 Å². The van der Waals surface area contributed by atoms with Crippen LogP contribution in [-0.4, -0.2) is 22.9 Å². The Hall–Kier alpha value is -2.45. The van der Waals surface area contributed by atoms with Crippen LogP contribution in [0.2, 0.25) is 5.02 Å². The molecule has 0 saturated heterocycles. The maximum absolute atomic E-state index is 12.8. The third-order valence-corrected chi connectivity index (χ3v) is 6.14. The molecule has 0 atom stereocenters. The van der Waals surface area contributed by atoms with E-state index in [0.29, 0.717) is 10.6 Å². The van der Waals surface area contributed by atoms with E-state index in [2.05, 4.69) is 5.32 Å². The molecule has 2 aromatic rings. The summed E-state index contributed by atoms with van der Waals surface area (Å²) in [6.45, 7) is 3.54. The van der Waals surface area contributed by atoms with Crippen LogP contribution in [0.5, 0.6) is 0 Å². The van der Waals surface area contributed by atoms with Crippen molar-refractivity contribution < 1.29 is 19.2 Å². The first-order valence-electron chi connectivity index (χ1n) is 9.38. The number of carbonyl (C=O) groups excluding carboxylic acids is 2. The molecule has 3 rings (SSSR count). The fourth-order valence-corrected chi connectivity index (χ4v) is 4.77. The van der Waals surface area contributed by atoms with Crippen LogP contribution in [0.15, 0.2) is 18.2 Å². The van der Waals surface area contributed by atoms with Gasteiger partial charge in [0, 0.05) is 17.0 Å². The number of ether oxygens (including phenoxy) is 1. The molecule has 7 nitrogen and oxygen atoms in total. The van der Waals surface area contributed by atoms with E-state index in [1.807, 2.05) is 0 Å². The molecule has 1 aliphatic rings. The largest absolute Gasteiger partial charge is 0.459 e. The Balaban J connectivity index is 1.98. The number of amides is 1. The van der Waals surface area contributed by atoms with E-state index in [0.717, 1.165) is 48.6 Å². The molecular weight excluding hydrogens is 416 g/mol. The van der Waals surface area contributed by atoms with Crippen molar-refractivity contribution in [3.63, 3.8) is 0 Å². The molecule has 1 N–H and O–H groups in total. The molecule has 1 amide bonds. The highest BCUT2D eigenvalue weighted by Gasteiger charge is 2.28. The van der Waals surface area contributed by atoms with Gasteiger partial charge in [0.25, 0.3) is 11.6 Å². The summed E-state index contributed by atoms with van der Waals surface area (Å²) in [7, 11) is 0. The predicted molar refractivity (Wildman–Crippen MR) is 112 cm³/mol. The maximum Gasteiger partial charge on any atom is 0.341 e. The zero-order valence-electron chi connectivity index (χ0n) is 16.1. The molecule has 9 heteroatoms. The quantitative estimate of drug-likeness (QED) is 0.293. The van der Waals surface area contributed by atoms with E-state index in [9.17, 15) is 19.7 Å². The number of halogens is 1. The van der Waals surface area contributed by atoms with Crippen LogP contribution >= 0.6 is 22.9 Å². The molecule has 0 saturated carbocycles. The molecule has 0 radical (unpaired) electrons. The molecule has 1 heterocycles. The summed E-state index contributed by atoms with van der Waals surface area (Å²) in [6, 6.07) is 3.67. The molecule has 154 valence electrons. The smallest absolute Gasteiger partial charge is 0.341 e. The number of nitrogens with zero attached hydrogens (tertiary/aromatic N) is 1. The van der Waals surface area contributed by atoms with Crippen LogP contribution in [0, 0.1) is 10.1 Å². The Morgan fingerprint density at radius 1 is 1.24 bits per heavy atom. The minimum atomic E-state index is -0.603. The van der Waals surface area contributed by atoms with Gasteiger partial charge in [-0.25, -0.2) is 4.79 Å². The first kappa shape index (κ1) is 21.3. The molecule has 0 fully saturated rings. The topological polar surface area (TPSA) is 98.5 Å². The van der Waals surface area contributed by atoms with Gasteiger partial charge in [-0.3, -0.25) is 14.9 Å². The van der Waals surface area contributed by atoms with Crippen LogP contribution in [-0.2, 0) is 17.6 Å². The van der Waals surface area contributed by atoms with Gasteiger partial charge in [0.05, 0.1) is 27.2 Å². The fourth-order valence-electron chi connectivity index (χ4n) is 3.29. The number of nitro groups is 1. The lowest BCUT2D eigenvalue weighted by molar-refractivity contribution is -0.384. The minimum Gasteiger partial charge on any atom is -0.459 e. The van der Waals surface area contributed by atoms with E-state index in [1.54, 1.807) is 13.8 Å². The van der Waals surface area contributed by atoms with Gasteiger partial charge in [0.2, 0.25) is 0 Å². The first-order valence-corrected chi connectivity index (χ1v) is 10.6. The minimum absolute atomic E-state index is 0.0207. The number of benzene rings is 1. The number of hydrogen-bond acceptors (Lipinski definition) is 6. The molecule has 0 bridgehead atoms. The maximum atomic E-state index is 12.8. The monoisotopic (exact) mass is 436 g/mol. The Kier molecular flexibility index (Phi) is 6.54. The second kappa shape index (κ2) is 8.92. The Morgan fingerprint density at radius 2 is 1.97 bits per heavy atom. The van der Waals surface area contributed by atoms with Crippen molar-refractivity contribution in [1.29, 1.82) is 0 Å². The number of rotatable bonds is 5. The summed E-state index contributed by atoms with van der Waals surface area (Å²) in [4.78, 5) is 37.1. The average molecular weight is 437 g/mol. The number of carbonyl (C=O) groups is 2. The summed E-state index contributed by atoms with van der Waals surface area (Å²) in [5.41, 5.74) is 1.06. The molecule has 29 heavy (non-hydrogen) atoms. The van der Waals surface area contributed by atoms with Crippen LogP contribution in [0.25, 0.3) is 0 Å². The van der Waals surface area contributed by atoms with Crippen molar-refractivity contribution in [2.24, 2.45) is 0 Å². The fraction of sp³-hybridized carbons (Fsp3) is 0.400. The number of thiophene rings is 1. The van der Waals surface area contributed by atoms with Gasteiger partial charge in [0.15, 0.2) is 0 Å². The highest BCUT2D eigenvalue weighted by Crippen LogP contribution is 2.38. The van der Waals surface area contributed by atoms with Gasteiger partial charge in [-0.1, -0.05) is 18.0 Å². The molecule has 1 aromatic heterocycles. The number of nitro benzene ring substituents is 1. The summed E-state index contributed by atoms with van der Waals surface area (Å²) in [5, 5.41) is 14.3. The molecule has 1 aliphatic carbocycles. The van der Waals surface area contributed by atoms with Crippen LogP contribution in [0.4, 0.5) is 10.7 Å². The van der Waals surface area contributed by atoms with Crippen molar-refractivity contribution in [1.82, 2.24) is 0 Å². The third-order valence-electron chi connectivity index (χ3n) is 4.60. The van der Waals surface area contributed by atoms with Crippen molar-refractivity contribution >= 4 is 45.5 Å². The molecule has 1 aromatic carbocycles. The van der Waals surface area contributed by atoms with Crippen molar-refractivity contribution in [2.45, 2.75) is 52.1 Å². The highest BCUT2D eigenvalue weighted by molar-refractivity contribution is 7.17. The lowest BCUT2D eigenvalue weighted by atomic mass is 10.1. The summed E-state index contributed by atoms with van der Waals surface area (Å²) >= 11 is 7.44. The zero-order valence-corrected chi connectivity index (χ0v) is 17.7. The number of non-ortho nitro benzene ring substituents is 1. The summed E-state index contributed by atoms with van der Waals surface area (Å²) in [6.07, 6.45) is 4.38.